The van der Waals surface area contributed by atoms with E-state index in [1.807, 2.05) is 86.4 Å². The number of benzene rings is 2. The van der Waals surface area contributed by atoms with E-state index in [0.29, 0.717) is 19.6 Å². The molecule has 1 spiro atoms. The van der Waals surface area contributed by atoms with Gasteiger partial charge in [-0.15, -0.1) is 11.8 Å². The predicted octanol–water partition coefficient (Wildman–Crippen LogP) is 3.87. The van der Waals surface area contributed by atoms with Gasteiger partial charge in [0.25, 0.3) is 5.91 Å². The number of hydrogen-bond acceptors (Lipinski definition) is 5. The minimum absolute atomic E-state index is 0.0123. The van der Waals surface area contributed by atoms with Crippen molar-refractivity contribution in [3.05, 3.63) is 66.8 Å². The fourth-order valence-electron chi connectivity index (χ4n) is 7.15. The molecule has 4 heterocycles. The molecule has 0 bridgehead atoms. The Hall–Kier alpha value is -3.10. The van der Waals surface area contributed by atoms with Gasteiger partial charge in [-0.25, -0.2) is 0 Å². The first-order valence-corrected chi connectivity index (χ1v) is 15.2. The molecular formula is C32H37N3O4S. The molecule has 6 atom stereocenters. The second kappa shape index (κ2) is 10.4. The van der Waals surface area contributed by atoms with Crippen molar-refractivity contribution >= 4 is 45.9 Å². The van der Waals surface area contributed by atoms with Gasteiger partial charge in [0.1, 0.15) is 6.04 Å². The van der Waals surface area contributed by atoms with Crippen LogP contribution in [0.25, 0.3) is 10.8 Å². The van der Waals surface area contributed by atoms with E-state index in [2.05, 4.69) is 6.08 Å². The normalized spacial score (nSPS) is 30.5. The molecule has 8 heteroatoms. The molecule has 6 rings (SSSR count). The summed E-state index contributed by atoms with van der Waals surface area (Å²) in [6.45, 7) is 7.27. The van der Waals surface area contributed by atoms with Crippen LogP contribution in [-0.2, 0) is 14.4 Å². The van der Waals surface area contributed by atoms with Crippen molar-refractivity contribution < 1.29 is 19.5 Å². The Labute approximate surface area is 239 Å². The summed E-state index contributed by atoms with van der Waals surface area (Å²) in [7, 11) is 0. The number of carbonyl (C=O) groups excluding carboxylic acids is 3. The maximum absolute atomic E-state index is 14.7. The molecule has 2 fully saturated rings. The van der Waals surface area contributed by atoms with E-state index >= 15 is 0 Å². The Bertz CT molecular complexity index is 1410. The lowest BCUT2D eigenvalue weighted by atomic mass is 9.78. The second-order valence-electron chi connectivity index (χ2n) is 11.7. The van der Waals surface area contributed by atoms with E-state index < -0.39 is 28.7 Å². The van der Waals surface area contributed by atoms with E-state index in [0.717, 1.165) is 22.9 Å². The summed E-state index contributed by atoms with van der Waals surface area (Å²) in [6.07, 6.45) is 8.98. The van der Waals surface area contributed by atoms with E-state index in [1.165, 1.54) is 0 Å². The molecule has 4 aliphatic heterocycles. The number of hydrogen-bond donors (Lipinski definition) is 1. The van der Waals surface area contributed by atoms with Gasteiger partial charge in [-0.05, 0) is 35.2 Å². The van der Waals surface area contributed by atoms with Crippen molar-refractivity contribution in [2.24, 2.45) is 17.8 Å². The van der Waals surface area contributed by atoms with E-state index in [9.17, 15) is 19.5 Å². The number of carbonyl (C=O) groups is 3. The lowest BCUT2D eigenvalue weighted by Crippen LogP contribution is -2.57. The van der Waals surface area contributed by atoms with Gasteiger partial charge in [-0.3, -0.25) is 14.4 Å². The SMILES string of the molecule is CCCN1CC=C[C@H]2S[C@]34C=CCN(c5ccc6ccccc6c5)C(=O)C3N([C@@H](CO)C(C)C)C(=O)[C@@H]4[C@H]2C1=O. The Kier molecular flexibility index (Phi) is 7.03. The third-order valence-electron chi connectivity index (χ3n) is 9.03. The second-order valence-corrected chi connectivity index (χ2v) is 13.2. The average Bonchev–Trinajstić information content (AvgIpc) is 3.26. The van der Waals surface area contributed by atoms with Gasteiger partial charge in [0.05, 0.1) is 29.2 Å². The van der Waals surface area contributed by atoms with Crippen molar-refractivity contribution in [3.63, 3.8) is 0 Å². The number of aliphatic hydroxyl groups excluding tert-OH is 1. The zero-order chi connectivity index (χ0) is 28.2. The largest absolute Gasteiger partial charge is 0.394 e. The summed E-state index contributed by atoms with van der Waals surface area (Å²) in [6, 6.07) is 12.7. The van der Waals surface area contributed by atoms with Crippen molar-refractivity contribution in [2.45, 2.75) is 49.3 Å². The Balaban J connectivity index is 1.48. The van der Waals surface area contributed by atoms with Crippen molar-refractivity contribution in [1.82, 2.24) is 9.80 Å². The Morgan fingerprint density at radius 1 is 1.00 bits per heavy atom. The van der Waals surface area contributed by atoms with Gasteiger partial charge < -0.3 is 19.8 Å². The number of rotatable bonds is 6. The van der Waals surface area contributed by atoms with Crippen LogP contribution in [0.2, 0.25) is 0 Å². The van der Waals surface area contributed by atoms with E-state index in [1.54, 1.807) is 21.6 Å². The number of aliphatic hydroxyl groups is 1. The Morgan fingerprint density at radius 2 is 1.77 bits per heavy atom. The van der Waals surface area contributed by atoms with Crippen molar-refractivity contribution in [2.75, 3.05) is 31.1 Å². The highest BCUT2D eigenvalue weighted by molar-refractivity contribution is 8.02. The average molecular weight is 560 g/mol. The number of likely N-dealkylation sites (tertiary alicyclic amines) is 1. The van der Waals surface area contributed by atoms with Gasteiger partial charge in [0, 0.05) is 30.6 Å². The van der Waals surface area contributed by atoms with Gasteiger partial charge in [0.2, 0.25) is 11.8 Å². The summed E-state index contributed by atoms with van der Waals surface area (Å²) in [5.74, 6) is -1.67. The van der Waals surface area contributed by atoms with Crippen LogP contribution in [-0.4, -0.2) is 80.9 Å². The first-order chi connectivity index (χ1) is 19.3. The summed E-state index contributed by atoms with van der Waals surface area (Å²) in [4.78, 5) is 48.4. The molecular weight excluding hydrogens is 522 g/mol. The molecule has 4 aliphatic rings. The fourth-order valence-corrected chi connectivity index (χ4v) is 9.15. The third kappa shape index (κ3) is 4.02. The highest BCUT2D eigenvalue weighted by Gasteiger charge is 2.71. The summed E-state index contributed by atoms with van der Waals surface area (Å²) in [5, 5.41) is 12.4. The monoisotopic (exact) mass is 559 g/mol. The van der Waals surface area contributed by atoms with E-state index in [-0.39, 0.29) is 35.5 Å². The molecule has 7 nitrogen and oxygen atoms in total. The zero-order valence-corrected chi connectivity index (χ0v) is 24.1. The minimum Gasteiger partial charge on any atom is -0.394 e. The third-order valence-corrected chi connectivity index (χ3v) is 10.8. The van der Waals surface area contributed by atoms with Gasteiger partial charge in [-0.1, -0.05) is 75.4 Å². The topological polar surface area (TPSA) is 81.2 Å². The van der Waals surface area contributed by atoms with Crippen LogP contribution >= 0.6 is 11.8 Å². The van der Waals surface area contributed by atoms with Crippen LogP contribution in [0.5, 0.6) is 0 Å². The summed E-state index contributed by atoms with van der Waals surface area (Å²) >= 11 is 1.59. The summed E-state index contributed by atoms with van der Waals surface area (Å²) < 4.78 is -0.896. The quantitative estimate of drug-likeness (QED) is 0.544. The molecule has 0 saturated carbocycles. The predicted molar refractivity (Wildman–Crippen MR) is 159 cm³/mol. The summed E-state index contributed by atoms with van der Waals surface area (Å²) in [5.41, 5.74) is 0.772. The van der Waals surface area contributed by atoms with Crippen molar-refractivity contribution in [1.29, 1.82) is 0 Å². The molecule has 40 heavy (non-hydrogen) atoms. The number of anilines is 1. The van der Waals surface area contributed by atoms with Crippen molar-refractivity contribution in [3.8, 4) is 0 Å². The van der Waals surface area contributed by atoms with Gasteiger partial charge in [0.15, 0.2) is 0 Å². The first-order valence-electron chi connectivity index (χ1n) is 14.4. The molecule has 2 saturated heterocycles. The van der Waals surface area contributed by atoms with Crippen LogP contribution in [0.15, 0.2) is 66.8 Å². The minimum atomic E-state index is -0.896. The lowest BCUT2D eigenvalue weighted by molar-refractivity contribution is -0.145. The standard InChI is InChI=1S/C32H37N3O4S/c1-4-15-33-16-7-11-25-26(29(33)37)27-30(38)35(24(19-36)20(2)3)28-31(39)34(17-8-14-32(27,28)40-25)23-13-12-21-9-5-6-10-22(21)18-23/h5-14,18,20,24-28,36H,4,15-17,19H2,1-3H3/t24-,25+,26-,27-,28?,32-/m0/s1. The molecule has 210 valence electrons. The molecule has 3 amide bonds. The zero-order valence-electron chi connectivity index (χ0n) is 23.3. The van der Waals surface area contributed by atoms with Crippen LogP contribution in [0, 0.1) is 17.8 Å². The fraction of sp³-hybridized carbons (Fsp3) is 0.469. The van der Waals surface area contributed by atoms with Crippen LogP contribution in [0.4, 0.5) is 5.69 Å². The number of thioether (sulfide) groups is 1. The van der Waals surface area contributed by atoms with Crippen LogP contribution in [0.1, 0.15) is 27.2 Å². The first kappa shape index (κ1) is 27.1. The maximum Gasteiger partial charge on any atom is 0.251 e. The van der Waals surface area contributed by atoms with Crippen LogP contribution in [0.3, 0.4) is 0 Å². The molecule has 1 N–H and O–H groups in total. The number of fused-ring (bicyclic) bond motifs is 3. The maximum atomic E-state index is 14.7. The molecule has 0 aromatic heterocycles. The van der Waals surface area contributed by atoms with Crippen LogP contribution < -0.4 is 4.90 Å². The molecule has 0 radical (unpaired) electrons. The Morgan fingerprint density at radius 3 is 2.50 bits per heavy atom. The number of amides is 3. The molecule has 1 unspecified atom stereocenters. The lowest BCUT2D eigenvalue weighted by Gasteiger charge is -2.39. The number of nitrogens with zero attached hydrogens (tertiary/aromatic N) is 3. The smallest absolute Gasteiger partial charge is 0.251 e. The molecule has 2 aromatic carbocycles. The highest BCUT2D eigenvalue weighted by Crippen LogP contribution is 2.61. The highest BCUT2D eigenvalue weighted by atomic mass is 32.2. The van der Waals surface area contributed by atoms with Gasteiger partial charge >= 0.3 is 0 Å². The molecule has 2 aromatic rings. The van der Waals surface area contributed by atoms with Gasteiger partial charge in [-0.2, -0.15) is 0 Å². The van der Waals surface area contributed by atoms with E-state index in [4.69, 9.17) is 0 Å². The molecule has 0 aliphatic carbocycles.